The van der Waals surface area contributed by atoms with Gasteiger partial charge in [-0.3, -0.25) is 9.67 Å². The van der Waals surface area contributed by atoms with Crippen molar-refractivity contribution in [3.8, 4) is 0 Å². The Bertz CT molecular complexity index is 766. The number of likely N-dealkylation sites (tertiary alicyclic amines) is 1. The van der Waals surface area contributed by atoms with Gasteiger partial charge in [0.25, 0.3) is 0 Å². The number of aryl methyl sites for hydroxylation is 1. The monoisotopic (exact) mass is 393 g/mol. The van der Waals surface area contributed by atoms with Gasteiger partial charge in [0.05, 0.1) is 6.20 Å². The van der Waals surface area contributed by atoms with Crippen molar-refractivity contribution in [2.24, 2.45) is 12.0 Å². The Kier molecular flexibility index (Phi) is 6.09. The normalized spacial score (nSPS) is 19.0. The molecule has 0 amide bonds. The first-order valence-corrected chi connectivity index (χ1v) is 9.63. The summed E-state index contributed by atoms with van der Waals surface area (Å²) >= 11 is 12.7. The van der Waals surface area contributed by atoms with Crippen molar-refractivity contribution in [3.63, 3.8) is 0 Å². The summed E-state index contributed by atoms with van der Waals surface area (Å²) in [6.45, 7) is 4.78. The van der Waals surface area contributed by atoms with Gasteiger partial charge in [-0.2, -0.15) is 5.10 Å². The van der Waals surface area contributed by atoms with Gasteiger partial charge in [0.1, 0.15) is 0 Å². The molecule has 0 bridgehead atoms. The smallest absolute Gasteiger partial charge is 0.193 e. The lowest BCUT2D eigenvalue weighted by molar-refractivity contribution is 0.482. The van der Waals surface area contributed by atoms with Crippen molar-refractivity contribution < 1.29 is 0 Å². The number of rotatable bonds is 4. The van der Waals surface area contributed by atoms with E-state index in [1.54, 1.807) is 0 Å². The standard InChI is InChI=1S/C19H25Cl2N5/c1-13(18-16(20)5-4-6-17(18)21)9-23-19(22-2)26-8-7-14(12-26)15-10-24-25(3)11-15/h4-6,10-11,13-14H,7-9,12H2,1-3H3,(H,22,23). The van der Waals surface area contributed by atoms with E-state index in [1.165, 1.54) is 5.56 Å². The van der Waals surface area contributed by atoms with Crippen LogP contribution in [0.4, 0.5) is 0 Å². The molecule has 2 heterocycles. The number of nitrogens with one attached hydrogen (secondary N) is 1. The molecule has 0 spiro atoms. The fourth-order valence-corrected chi connectivity index (χ4v) is 4.31. The highest BCUT2D eigenvalue weighted by Gasteiger charge is 2.27. The third kappa shape index (κ3) is 4.15. The van der Waals surface area contributed by atoms with Gasteiger partial charge in [0.15, 0.2) is 5.96 Å². The van der Waals surface area contributed by atoms with Crippen molar-refractivity contribution in [2.75, 3.05) is 26.7 Å². The molecule has 0 aliphatic carbocycles. The van der Waals surface area contributed by atoms with E-state index >= 15 is 0 Å². The maximum Gasteiger partial charge on any atom is 0.193 e. The van der Waals surface area contributed by atoms with Crippen molar-refractivity contribution >= 4 is 29.2 Å². The van der Waals surface area contributed by atoms with Crippen molar-refractivity contribution in [1.29, 1.82) is 0 Å². The molecule has 2 atom stereocenters. The number of aromatic nitrogens is 2. The number of halogens is 2. The molecule has 0 saturated carbocycles. The van der Waals surface area contributed by atoms with Gasteiger partial charge in [0.2, 0.25) is 0 Å². The van der Waals surface area contributed by atoms with Crippen molar-refractivity contribution in [2.45, 2.75) is 25.2 Å². The first kappa shape index (κ1) is 19.1. The van der Waals surface area contributed by atoms with Gasteiger partial charge in [-0.25, -0.2) is 0 Å². The first-order chi connectivity index (χ1) is 12.5. The van der Waals surface area contributed by atoms with Gasteiger partial charge >= 0.3 is 0 Å². The molecule has 0 radical (unpaired) electrons. The minimum absolute atomic E-state index is 0.185. The number of benzene rings is 1. The Morgan fingerprint density at radius 3 is 2.73 bits per heavy atom. The van der Waals surface area contributed by atoms with Crippen LogP contribution in [0.2, 0.25) is 10.0 Å². The number of aliphatic imine (C=N–C) groups is 1. The van der Waals surface area contributed by atoms with E-state index in [1.807, 2.05) is 43.2 Å². The van der Waals surface area contributed by atoms with Crippen molar-refractivity contribution in [1.82, 2.24) is 20.0 Å². The van der Waals surface area contributed by atoms with Crippen LogP contribution in [0.5, 0.6) is 0 Å². The number of hydrogen-bond donors (Lipinski definition) is 1. The highest BCUT2D eigenvalue weighted by Crippen LogP contribution is 2.31. The fourth-order valence-electron chi connectivity index (χ4n) is 3.54. The van der Waals surface area contributed by atoms with Crippen LogP contribution in [0.1, 0.15) is 36.3 Å². The second-order valence-electron chi connectivity index (χ2n) is 6.84. The molecule has 140 valence electrons. The molecule has 2 unspecified atom stereocenters. The Hall–Kier alpha value is -1.72. The average molecular weight is 394 g/mol. The molecule has 1 aromatic carbocycles. The molecule has 7 heteroatoms. The van der Waals surface area contributed by atoms with Crippen LogP contribution in [0.3, 0.4) is 0 Å². The predicted octanol–water partition coefficient (Wildman–Crippen LogP) is 3.90. The number of nitrogens with zero attached hydrogens (tertiary/aromatic N) is 4. The minimum Gasteiger partial charge on any atom is -0.356 e. The third-order valence-electron chi connectivity index (χ3n) is 4.95. The van der Waals surface area contributed by atoms with Crippen LogP contribution in [-0.2, 0) is 7.05 Å². The SMILES string of the molecule is CN=C(NCC(C)c1c(Cl)cccc1Cl)N1CCC(c2cnn(C)c2)C1. The molecule has 1 N–H and O–H groups in total. The lowest BCUT2D eigenvalue weighted by atomic mass is 10.0. The van der Waals surface area contributed by atoms with Crippen LogP contribution in [-0.4, -0.2) is 47.3 Å². The van der Waals surface area contributed by atoms with Crippen LogP contribution in [0.25, 0.3) is 0 Å². The largest absolute Gasteiger partial charge is 0.356 e. The molecule has 5 nitrogen and oxygen atoms in total. The Morgan fingerprint density at radius 1 is 1.38 bits per heavy atom. The van der Waals surface area contributed by atoms with Gasteiger partial charge in [0, 0.05) is 61.8 Å². The summed E-state index contributed by atoms with van der Waals surface area (Å²) in [6, 6.07) is 5.64. The minimum atomic E-state index is 0.185. The van der Waals surface area contributed by atoms with Crippen molar-refractivity contribution in [3.05, 3.63) is 51.8 Å². The van der Waals surface area contributed by atoms with Crippen LogP contribution >= 0.6 is 23.2 Å². The van der Waals surface area contributed by atoms with Gasteiger partial charge in [-0.15, -0.1) is 0 Å². The molecule has 1 aliphatic heterocycles. The molecule has 3 rings (SSSR count). The van der Waals surface area contributed by atoms with Gasteiger partial charge in [-0.05, 0) is 29.7 Å². The summed E-state index contributed by atoms with van der Waals surface area (Å²) in [4.78, 5) is 6.76. The number of hydrogen-bond acceptors (Lipinski definition) is 2. The maximum atomic E-state index is 6.33. The topological polar surface area (TPSA) is 45.5 Å². The lowest BCUT2D eigenvalue weighted by Crippen LogP contribution is -2.41. The predicted molar refractivity (Wildman–Crippen MR) is 108 cm³/mol. The lowest BCUT2D eigenvalue weighted by Gasteiger charge is -2.24. The van der Waals surface area contributed by atoms with Crippen LogP contribution in [0.15, 0.2) is 35.6 Å². The summed E-state index contributed by atoms with van der Waals surface area (Å²) in [5, 5.41) is 9.18. The number of guanidine groups is 1. The highest BCUT2D eigenvalue weighted by molar-refractivity contribution is 6.36. The van der Waals surface area contributed by atoms with E-state index in [2.05, 4.69) is 33.4 Å². The maximum absolute atomic E-state index is 6.33. The van der Waals surface area contributed by atoms with Crippen LogP contribution in [0, 0.1) is 0 Å². The molecule has 1 aromatic heterocycles. The van der Waals surface area contributed by atoms with E-state index in [9.17, 15) is 0 Å². The van der Waals surface area contributed by atoms with Crippen LogP contribution < -0.4 is 5.32 Å². The second-order valence-corrected chi connectivity index (χ2v) is 7.66. The zero-order chi connectivity index (χ0) is 18.7. The summed E-state index contributed by atoms with van der Waals surface area (Å²) in [7, 11) is 3.78. The molecular formula is C19H25Cl2N5. The average Bonchev–Trinajstić information content (AvgIpc) is 3.24. The fraction of sp³-hybridized carbons (Fsp3) is 0.474. The highest BCUT2D eigenvalue weighted by atomic mass is 35.5. The quantitative estimate of drug-likeness (QED) is 0.632. The summed E-state index contributed by atoms with van der Waals surface area (Å²) in [5.74, 6) is 1.61. The Morgan fingerprint density at radius 2 is 2.12 bits per heavy atom. The Labute approximate surface area is 165 Å². The van der Waals surface area contributed by atoms with E-state index < -0.39 is 0 Å². The van der Waals surface area contributed by atoms with E-state index in [4.69, 9.17) is 23.2 Å². The molecule has 1 aliphatic rings. The summed E-state index contributed by atoms with van der Waals surface area (Å²) < 4.78 is 1.86. The second kappa shape index (κ2) is 8.31. The molecular weight excluding hydrogens is 369 g/mol. The van der Waals surface area contributed by atoms with E-state index in [-0.39, 0.29) is 5.92 Å². The zero-order valence-corrected chi connectivity index (χ0v) is 16.9. The van der Waals surface area contributed by atoms with E-state index in [0.29, 0.717) is 16.0 Å². The summed E-state index contributed by atoms with van der Waals surface area (Å²) in [5.41, 5.74) is 2.27. The van der Waals surface area contributed by atoms with Gasteiger partial charge in [-0.1, -0.05) is 36.2 Å². The summed E-state index contributed by atoms with van der Waals surface area (Å²) in [6.07, 6.45) is 5.18. The van der Waals surface area contributed by atoms with E-state index in [0.717, 1.165) is 37.6 Å². The third-order valence-corrected chi connectivity index (χ3v) is 5.61. The first-order valence-electron chi connectivity index (χ1n) is 8.87. The molecule has 1 saturated heterocycles. The molecule has 2 aromatic rings. The molecule has 1 fully saturated rings. The molecule has 26 heavy (non-hydrogen) atoms. The van der Waals surface area contributed by atoms with Gasteiger partial charge < -0.3 is 10.2 Å². The zero-order valence-electron chi connectivity index (χ0n) is 15.4. The Balaban J connectivity index is 1.60.